The molecule has 0 aliphatic carbocycles. The van der Waals surface area contributed by atoms with Gasteiger partial charge in [-0.2, -0.15) is 43.9 Å². The van der Waals surface area contributed by atoms with E-state index in [-0.39, 0.29) is 6.61 Å². The lowest BCUT2D eigenvalue weighted by Crippen LogP contribution is -2.56. The number of phosphoric ester groups is 1. The van der Waals surface area contributed by atoms with Crippen LogP contribution in [0, 0.1) is 0 Å². The van der Waals surface area contributed by atoms with Gasteiger partial charge in [0.25, 0.3) is 0 Å². The number of rotatable bonds is 10. The van der Waals surface area contributed by atoms with Gasteiger partial charge in [-0.25, -0.2) is 4.57 Å². The van der Waals surface area contributed by atoms with Crippen molar-refractivity contribution in [2.45, 2.75) is 30.5 Å². The summed E-state index contributed by atoms with van der Waals surface area (Å²) in [5, 5.41) is 0. The number of phosphoric acid groups is 1. The molecule has 0 heterocycles. The Hall–Kier alpha value is -0.670. The Labute approximate surface area is 138 Å². The largest absolute Gasteiger partial charge is 0.472 e. The van der Waals surface area contributed by atoms with E-state index in [1.807, 2.05) is 0 Å². The molecule has 0 fully saturated rings. The molecule has 0 aromatic carbocycles. The van der Waals surface area contributed by atoms with Crippen molar-refractivity contribution >= 4 is 7.82 Å². The average molecular weight is 436 g/mol. The standard InChI is InChI=1S/C9H11F10O6P/c1-22-2-3-23-26(20,21)24-4-5(6(10,11)12)25-9(18,19)7(13,14)8(15,16)17/h5H,2-4H2,1H3,(H,20,21). The monoisotopic (exact) mass is 436 g/mol. The average Bonchev–Trinajstić information content (AvgIpc) is 2.41. The quantitative estimate of drug-likeness (QED) is 0.321. The number of methoxy groups -OCH3 is 1. The van der Waals surface area contributed by atoms with Crippen molar-refractivity contribution in [1.82, 2.24) is 0 Å². The van der Waals surface area contributed by atoms with Crippen molar-refractivity contribution in [3.05, 3.63) is 0 Å². The molecule has 0 rings (SSSR count). The van der Waals surface area contributed by atoms with Crippen LogP contribution in [0.1, 0.15) is 0 Å². The molecule has 0 aromatic heterocycles. The molecule has 2 atom stereocenters. The zero-order valence-electron chi connectivity index (χ0n) is 12.4. The van der Waals surface area contributed by atoms with Gasteiger partial charge in [0.1, 0.15) is 0 Å². The third-order valence-electron chi connectivity index (χ3n) is 2.31. The summed E-state index contributed by atoms with van der Waals surface area (Å²) in [6.07, 6.45) is -23.7. The van der Waals surface area contributed by atoms with Crippen molar-refractivity contribution < 1.29 is 71.9 Å². The summed E-state index contributed by atoms with van der Waals surface area (Å²) < 4.78 is 150. The fraction of sp³-hybridized carbons (Fsp3) is 1.00. The zero-order valence-corrected chi connectivity index (χ0v) is 13.3. The molecule has 0 aromatic rings. The highest BCUT2D eigenvalue weighted by Gasteiger charge is 2.75. The van der Waals surface area contributed by atoms with E-state index in [0.717, 1.165) is 7.11 Å². The number of hydrogen-bond donors (Lipinski definition) is 1. The second-order valence-electron chi connectivity index (χ2n) is 4.33. The molecule has 1 N–H and O–H groups in total. The van der Waals surface area contributed by atoms with Gasteiger partial charge in [-0.1, -0.05) is 0 Å². The topological polar surface area (TPSA) is 74.2 Å². The Morgan fingerprint density at radius 3 is 1.81 bits per heavy atom. The highest BCUT2D eigenvalue weighted by molar-refractivity contribution is 7.47. The highest BCUT2D eigenvalue weighted by Crippen LogP contribution is 2.49. The molecule has 17 heteroatoms. The van der Waals surface area contributed by atoms with Crippen molar-refractivity contribution in [2.24, 2.45) is 0 Å². The maximum Gasteiger partial charge on any atom is 0.472 e. The Morgan fingerprint density at radius 2 is 1.42 bits per heavy atom. The van der Waals surface area contributed by atoms with E-state index >= 15 is 0 Å². The molecule has 0 radical (unpaired) electrons. The van der Waals surface area contributed by atoms with E-state index in [2.05, 4.69) is 18.5 Å². The SMILES string of the molecule is COCCOP(=O)(O)OCC(OC(F)(F)C(F)(F)C(F)(F)F)C(F)(F)F. The fourth-order valence-electron chi connectivity index (χ4n) is 1.05. The number of halogens is 10. The first-order valence-corrected chi connectivity index (χ1v) is 7.54. The van der Waals surface area contributed by atoms with Gasteiger partial charge in [0, 0.05) is 7.11 Å². The lowest BCUT2D eigenvalue weighted by atomic mass is 10.3. The minimum atomic E-state index is -6.98. The van der Waals surface area contributed by atoms with E-state index in [1.165, 1.54) is 0 Å². The first-order chi connectivity index (χ1) is 11.4. The van der Waals surface area contributed by atoms with Crippen LogP contribution in [0.4, 0.5) is 43.9 Å². The van der Waals surface area contributed by atoms with Gasteiger partial charge in [-0.05, 0) is 0 Å². The summed E-state index contributed by atoms with van der Waals surface area (Å²) >= 11 is 0. The van der Waals surface area contributed by atoms with E-state index in [1.54, 1.807) is 0 Å². The maximum absolute atomic E-state index is 12.9. The Kier molecular flexibility index (Phi) is 8.34. The van der Waals surface area contributed by atoms with Gasteiger partial charge in [0.2, 0.25) is 0 Å². The van der Waals surface area contributed by atoms with E-state index in [4.69, 9.17) is 4.89 Å². The molecule has 0 amide bonds. The van der Waals surface area contributed by atoms with Crippen LogP contribution in [0.15, 0.2) is 0 Å². The van der Waals surface area contributed by atoms with E-state index in [9.17, 15) is 48.5 Å². The number of ether oxygens (including phenoxy) is 2. The second-order valence-corrected chi connectivity index (χ2v) is 5.78. The highest BCUT2D eigenvalue weighted by atomic mass is 31.2. The van der Waals surface area contributed by atoms with Gasteiger partial charge in [0.15, 0.2) is 6.10 Å². The molecule has 158 valence electrons. The van der Waals surface area contributed by atoms with Crippen LogP contribution < -0.4 is 0 Å². The molecule has 2 unspecified atom stereocenters. The second kappa shape index (κ2) is 8.56. The summed E-state index contributed by atoms with van der Waals surface area (Å²) in [6, 6.07) is 0. The summed E-state index contributed by atoms with van der Waals surface area (Å²) in [4.78, 5) is 8.96. The molecule has 0 aliphatic heterocycles. The van der Waals surface area contributed by atoms with Crippen LogP contribution in [0.25, 0.3) is 0 Å². The fourth-order valence-corrected chi connectivity index (χ4v) is 1.75. The van der Waals surface area contributed by atoms with Crippen molar-refractivity contribution in [3.63, 3.8) is 0 Å². The molecule has 6 nitrogen and oxygen atoms in total. The molecule has 0 saturated heterocycles. The van der Waals surface area contributed by atoms with Gasteiger partial charge in [0.05, 0.1) is 19.8 Å². The van der Waals surface area contributed by atoms with Crippen LogP contribution in [0.2, 0.25) is 0 Å². The van der Waals surface area contributed by atoms with E-state index < -0.39 is 51.5 Å². The minimum absolute atomic E-state index is 0.344. The molecule has 0 saturated carbocycles. The predicted molar refractivity (Wildman–Crippen MR) is 60.5 cm³/mol. The Balaban J connectivity index is 5.23. The normalized spacial score (nSPS) is 17.8. The Bertz CT molecular complexity index is 492. The van der Waals surface area contributed by atoms with Gasteiger partial charge in [-0.3, -0.25) is 13.8 Å². The lowest BCUT2D eigenvalue weighted by molar-refractivity contribution is -0.446. The summed E-state index contributed by atoms with van der Waals surface area (Å²) in [7, 11) is -4.20. The summed E-state index contributed by atoms with van der Waals surface area (Å²) in [5.41, 5.74) is 0. The first-order valence-electron chi connectivity index (χ1n) is 6.05. The van der Waals surface area contributed by atoms with Crippen molar-refractivity contribution in [2.75, 3.05) is 26.9 Å². The molecule has 26 heavy (non-hydrogen) atoms. The lowest BCUT2D eigenvalue weighted by Gasteiger charge is -2.31. The first kappa shape index (κ1) is 25.3. The summed E-state index contributed by atoms with van der Waals surface area (Å²) in [5.74, 6) is -6.98. The smallest absolute Gasteiger partial charge is 0.382 e. The van der Waals surface area contributed by atoms with Crippen LogP contribution in [0.5, 0.6) is 0 Å². The van der Waals surface area contributed by atoms with Crippen LogP contribution >= 0.6 is 7.82 Å². The third-order valence-corrected chi connectivity index (χ3v) is 3.29. The van der Waals surface area contributed by atoms with Crippen molar-refractivity contribution in [1.29, 1.82) is 0 Å². The number of hydrogen-bond acceptors (Lipinski definition) is 5. The Morgan fingerprint density at radius 1 is 0.923 bits per heavy atom. The van der Waals surface area contributed by atoms with Crippen LogP contribution in [-0.4, -0.2) is 62.3 Å². The number of alkyl halides is 10. The van der Waals surface area contributed by atoms with Crippen LogP contribution in [0.3, 0.4) is 0 Å². The zero-order chi connectivity index (χ0) is 21.0. The van der Waals surface area contributed by atoms with Gasteiger partial charge in [-0.15, -0.1) is 0 Å². The maximum atomic E-state index is 12.9. The van der Waals surface area contributed by atoms with Gasteiger partial charge < -0.3 is 9.63 Å². The minimum Gasteiger partial charge on any atom is -0.382 e. The molecular formula is C9H11F10O6P. The predicted octanol–water partition coefficient (Wildman–Crippen LogP) is 3.50. The van der Waals surface area contributed by atoms with E-state index in [0.29, 0.717) is 0 Å². The van der Waals surface area contributed by atoms with Gasteiger partial charge >= 0.3 is 32.2 Å². The van der Waals surface area contributed by atoms with Crippen molar-refractivity contribution in [3.8, 4) is 0 Å². The molecule has 0 aliphatic rings. The third kappa shape index (κ3) is 7.15. The van der Waals surface area contributed by atoms with Crippen LogP contribution in [-0.2, 0) is 23.1 Å². The molecule has 0 spiro atoms. The molecule has 0 bridgehead atoms. The summed E-state index contributed by atoms with van der Waals surface area (Å²) in [6.45, 7) is -3.39. The molecular weight excluding hydrogens is 425 g/mol.